The second-order valence-electron chi connectivity index (χ2n) is 13.4. The van der Waals surface area contributed by atoms with Gasteiger partial charge in [0, 0.05) is 48.7 Å². The van der Waals surface area contributed by atoms with Crippen LogP contribution in [0.2, 0.25) is 0 Å². The lowest BCUT2D eigenvalue weighted by atomic mass is 9.76. The first-order valence-corrected chi connectivity index (χ1v) is 17.3. The van der Waals surface area contributed by atoms with Crippen molar-refractivity contribution in [3.05, 3.63) is 112 Å². The van der Waals surface area contributed by atoms with E-state index in [2.05, 4.69) is 10.1 Å². The number of nitrogens with one attached hydrogen (secondary N) is 1. The number of carbonyl (C=O) groups is 1. The Balaban J connectivity index is 1.33. The van der Waals surface area contributed by atoms with Crippen LogP contribution in [-0.4, -0.2) is 48.3 Å². The van der Waals surface area contributed by atoms with E-state index in [1.54, 1.807) is 25.5 Å². The highest BCUT2D eigenvalue weighted by molar-refractivity contribution is 8.03. The summed E-state index contributed by atoms with van der Waals surface area (Å²) in [5.41, 5.74) is 1.70. The molecule has 8 nitrogen and oxygen atoms in total. The van der Waals surface area contributed by atoms with E-state index >= 15 is 17.6 Å². The molecule has 3 atom stereocenters. The molecule has 0 fully saturated rings. The Morgan fingerprint density at radius 1 is 1.14 bits per heavy atom. The largest absolute Gasteiger partial charge is 0.470 e. The van der Waals surface area contributed by atoms with Gasteiger partial charge in [-0.3, -0.25) is 9.36 Å². The van der Waals surface area contributed by atoms with E-state index in [-0.39, 0.29) is 37.0 Å². The Labute approximate surface area is 290 Å². The van der Waals surface area contributed by atoms with E-state index in [1.165, 1.54) is 39.3 Å². The number of aromatic amines is 1. The summed E-state index contributed by atoms with van der Waals surface area (Å²) in [6, 6.07) is 12.3. The summed E-state index contributed by atoms with van der Waals surface area (Å²) in [6.07, 6.45) is 7.28. The third-order valence-electron chi connectivity index (χ3n) is 9.58. The van der Waals surface area contributed by atoms with Gasteiger partial charge < -0.3 is 14.5 Å². The maximum Gasteiger partial charge on any atom is 0.281 e. The van der Waals surface area contributed by atoms with Crippen molar-refractivity contribution in [2.24, 2.45) is 13.0 Å². The molecule has 50 heavy (non-hydrogen) atoms. The van der Waals surface area contributed by atoms with Gasteiger partial charge in [0.15, 0.2) is 12.4 Å². The highest BCUT2D eigenvalue weighted by Crippen LogP contribution is 2.45. The van der Waals surface area contributed by atoms with Crippen molar-refractivity contribution < 1.29 is 27.1 Å². The molecule has 2 aromatic carbocycles. The number of alkyl halides is 2. The summed E-state index contributed by atoms with van der Waals surface area (Å²) in [5.74, 6) is -4.57. The lowest BCUT2D eigenvalue weighted by molar-refractivity contribution is -0.110. The van der Waals surface area contributed by atoms with Gasteiger partial charge in [-0.25, -0.2) is 22.5 Å². The first-order chi connectivity index (χ1) is 23.9. The molecule has 260 valence electrons. The predicted molar refractivity (Wildman–Crippen MR) is 183 cm³/mol. The van der Waals surface area contributed by atoms with Crippen LogP contribution in [0.1, 0.15) is 67.4 Å². The number of fused-ring (bicyclic) bond motifs is 10. The predicted octanol–water partition coefficient (Wildman–Crippen LogP) is 8.19. The molecule has 1 aliphatic heterocycles. The van der Waals surface area contributed by atoms with E-state index in [4.69, 9.17) is 14.8 Å². The van der Waals surface area contributed by atoms with Crippen LogP contribution in [0, 0.1) is 11.7 Å². The first-order valence-electron chi connectivity index (χ1n) is 16.5. The SMILES string of the molecule is CC(C=O)Cc1cccc(C2(C)CCC(F)(F)COc3ccn(n3)Cc3c(c(F)cc4[nH]ccc34)SC3=CC=C(F)C(C3)c3nc2nn3C)c1. The Morgan fingerprint density at radius 2 is 1.98 bits per heavy atom. The Kier molecular flexibility index (Phi) is 8.96. The normalized spacial score (nSPS) is 21.5. The lowest BCUT2D eigenvalue weighted by Crippen LogP contribution is -2.32. The van der Waals surface area contributed by atoms with E-state index in [0.717, 1.165) is 22.1 Å². The number of aldehydes is 1. The number of hydrogen-bond donors (Lipinski definition) is 1. The average Bonchev–Trinajstić information content (AvgIpc) is 3.85. The number of ether oxygens (including phenoxy) is 1. The maximum atomic E-state index is 15.8. The molecular formula is C37H36F4N6O2S. The molecule has 3 aromatic heterocycles. The molecular weight excluding hydrogens is 669 g/mol. The zero-order chi connectivity index (χ0) is 35.2. The van der Waals surface area contributed by atoms with Crippen LogP contribution in [0.4, 0.5) is 17.6 Å². The quantitative estimate of drug-likeness (QED) is 0.150. The van der Waals surface area contributed by atoms with Crippen LogP contribution in [0.5, 0.6) is 5.88 Å². The van der Waals surface area contributed by atoms with Gasteiger partial charge >= 0.3 is 0 Å². The molecule has 3 unspecified atom stereocenters. The van der Waals surface area contributed by atoms with Crippen molar-refractivity contribution in [3.8, 4) is 5.88 Å². The summed E-state index contributed by atoms with van der Waals surface area (Å²) in [4.78, 5) is 20.4. The fourth-order valence-corrected chi connectivity index (χ4v) is 7.81. The minimum atomic E-state index is -3.25. The zero-order valence-electron chi connectivity index (χ0n) is 27.8. The van der Waals surface area contributed by atoms with Crippen LogP contribution < -0.4 is 4.74 Å². The molecule has 0 amide bonds. The second-order valence-corrected chi connectivity index (χ2v) is 14.5. The second kappa shape index (κ2) is 13.2. The van der Waals surface area contributed by atoms with Gasteiger partial charge in [-0.2, -0.15) is 5.10 Å². The molecule has 7 rings (SSSR count). The number of allylic oxidation sites excluding steroid dienone is 4. The summed E-state index contributed by atoms with van der Waals surface area (Å²) in [7, 11) is 1.66. The number of aromatic nitrogens is 6. The van der Waals surface area contributed by atoms with Crippen LogP contribution >= 0.6 is 11.8 Å². The number of benzene rings is 2. The molecule has 0 saturated carbocycles. The number of aryl methyl sites for hydroxylation is 1. The van der Waals surface area contributed by atoms with Gasteiger partial charge in [0.25, 0.3) is 5.92 Å². The standard InChI is InChI=1S/C37H36F4N6O2S/c1-22(20-48)15-23-5-4-6-24(16-23)36(2)11-12-37(40,41)21-49-32-10-14-47(44-32)19-28-26-9-13-42-31(26)18-30(39)33(28)50-25-7-8-29(38)27(17-25)34-43-35(36)45-46(34)3/h4-10,13-14,16,18,20,22,27,42H,11-12,15,17,19,21H2,1-3H3. The topological polar surface area (TPSA) is 90.6 Å². The summed E-state index contributed by atoms with van der Waals surface area (Å²) in [5, 5.41) is 9.87. The van der Waals surface area contributed by atoms with Crippen molar-refractivity contribution in [3.63, 3.8) is 0 Å². The highest BCUT2D eigenvalue weighted by Gasteiger charge is 2.41. The summed E-state index contributed by atoms with van der Waals surface area (Å²) >= 11 is 1.22. The van der Waals surface area contributed by atoms with Crippen molar-refractivity contribution >= 4 is 29.0 Å². The van der Waals surface area contributed by atoms with Gasteiger partial charge in [-0.1, -0.05) is 43.0 Å². The Morgan fingerprint density at radius 3 is 2.80 bits per heavy atom. The Hall–Kier alpha value is -4.65. The lowest BCUT2D eigenvalue weighted by Gasteiger charge is -2.30. The van der Waals surface area contributed by atoms with Crippen molar-refractivity contribution in [1.82, 2.24) is 29.5 Å². The fourth-order valence-electron chi connectivity index (χ4n) is 6.70. The average molecular weight is 705 g/mol. The van der Waals surface area contributed by atoms with E-state index in [1.807, 2.05) is 44.2 Å². The smallest absolute Gasteiger partial charge is 0.281 e. The first kappa shape index (κ1) is 33.8. The fraction of sp³-hybridized carbons (Fsp3) is 0.351. The van der Waals surface area contributed by atoms with Gasteiger partial charge in [-0.05, 0) is 72.1 Å². The zero-order valence-corrected chi connectivity index (χ0v) is 28.6. The van der Waals surface area contributed by atoms with Gasteiger partial charge in [0.05, 0.1) is 22.8 Å². The molecule has 1 aliphatic carbocycles. The van der Waals surface area contributed by atoms with Crippen molar-refractivity contribution in [2.45, 2.75) is 68.2 Å². The molecule has 0 radical (unpaired) electrons. The monoisotopic (exact) mass is 704 g/mol. The minimum absolute atomic E-state index is 0.0211. The molecule has 13 heteroatoms. The minimum Gasteiger partial charge on any atom is -0.470 e. The van der Waals surface area contributed by atoms with Gasteiger partial charge in [0.2, 0.25) is 5.88 Å². The van der Waals surface area contributed by atoms with Gasteiger partial charge in [0.1, 0.15) is 23.8 Å². The summed E-state index contributed by atoms with van der Waals surface area (Å²) < 4.78 is 71.3. The molecule has 6 bridgehead atoms. The Bertz CT molecular complexity index is 2130. The number of hydrogen-bond acceptors (Lipinski definition) is 6. The number of nitrogens with zero attached hydrogens (tertiary/aromatic N) is 5. The molecule has 1 N–H and O–H groups in total. The van der Waals surface area contributed by atoms with Crippen molar-refractivity contribution in [1.29, 1.82) is 0 Å². The number of carbonyl (C=O) groups excluding carboxylic acids is 1. The number of H-pyrrole nitrogens is 1. The van der Waals surface area contributed by atoms with Crippen LogP contribution in [0.3, 0.4) is 0 Å². The molecule has 4 heterocycles. The van der Waals surface area contributed by atoms with Crippen LogP contribution in [0.15, 0.2) is 82.6 Å². The van der Waals surface area contributed by atoms with E-state index in [0.29, 0.717) is 33.8 Å². The third kappa shape index (κ3) is 6.62. The third-order valence-corrected chi connectivity index (χ3v) is 10.8. The maximum absolute atomic E-state index is 15.8. The number of rotatable bonds is 4. The molecule has 2 aliphatic rings. The van der Waals surface area contributed by atoms with Crippen LogP contribution in [0.25, 0.3) is 10.9 Å². The highest BCUT2D eigenvalue weighted by atomic mass is 32.2. The number of thioether (sulfide) groups is 1. The molecule has 0 saturated heterocycles. The summed E-state index contributed by atoms with van der Waals surface area (Å²) in [6.45, 7) is 2.86. The van der Waals surface area contributed by atoms with E-state index in [9.17, 15) is 4.79 Å². The van der Waals surface area contributed by atoms with E-state index < -0.39 is 41.9 Å². The van der Waals surface area contributed by atoms with Gasteiger partial charge in [-0.15, -0.1) is 5.10 Å². The van der Waals surface area contributed by atoms with Crippen LogP contribution in [-0.2, 0) is 30.2 Å². The molecule has 0 spiro atoms. The number of halogens is 4. The van der Waals surface area contributed by atoms with Crippen molar-refractivity contribution in [2.75, 3.05) is 6.61 Å². The molecule has 5 aromatic rings.